The van der Waals surface area contributed by atoms with Crippen molar-refractivity contribution in [3.63, 3.8) is 0 Å². The lowest BCUT2D eigenvalue weighted by molar-refractivity contribution is -0.118. The normalized spacial score (nSPS) is 14.1. The number of Topliss-reactive ketones (excluding diaryl/α,β-unsaturated/α-hetero) is 1. The first-order valence-electron chi connectivity index (χ1n) is 19.1. The van der Waals surface area contributed by atoms with Crippen molar-refractivity contribution in [2.45, 2.75) is 205 Å². The molecule has 0 heterocycles. The predicted octanol–water partition coefficient (Wildman–Crippen LogP) is 9.91. The van der Waals surface area contributed by atoms with Crippen LogP contribution in [-0.4, -0.2) is 52.5 Å². The van der Waals surface area contributed by atoms with Crippen LogP contribution in [0.15, 0.2) is 24.3 Å². The molecule has 0 aromatic heterocycles. The number of hydrogen-bond donors (Lipinski definition) is 4. The Bertz CT molecular complexity index is 650. The highest BCUT2D eigenvalue weighted by molar-refractivity contribution is 5.80. The van der Waals surface area contributed by atoms with Gasteiger partial charge in [0.05, 0.1) is 18.8 Å². The van der Waals surface area contributed by atoms with Crippen molar-refractivity contribution >= 4 is 5.78 Å². The van der Waals surface area contributed by atoms with Gasteiger partial charge in [-0.3, -0.25) is 4.79 Å². The summed E-state index contributed by atoms with van der Waals surface area (Å²) in [5, 5.41) is 33.8. The number of aliphatic hydroxyl groups is 3. The molecule has 0 aromatic carbocycles. The Labute approximate surface area is 273 Å². The standard InChI is InChI=1S/C39H75NO4/c1-3-5-7-9-11-13-15-16-17-18-19-20-22-23-25-27-29-31-36(42)35-40-37(33-34-41)39(44)38(43)32-30-28-26-24-21-14-12-10-8-6-4-2/h11,13,15-16,37-41,43-44H,3-10,12,14,17-35H2,1-2H3/b13-11-,16-15+. The molecule has 44 heavy (non-hydrogen) atoms. The van der Waals surface area contributed by atoms with Crippen LogP contribution in [0.5, 0.6) is 0 Å². The molecule has 0 radical (unpaired) electrons. The average molecular weight is 622 g/mol. The van der Waals surface area contributed by atoms with Crippen molar-refractivity contribution < 1.29 is 20.1 Å². The number of nitrogens with one attached hydrogen (secondary N) is 1. The van der Waals surface area contributed by atoms with Gasteiger partial charge in [0.2, 0.25) is 0 Å². The van der Waals surface area contributed by atoms with Crippen LogP contribution < -0.4 is 5.32 Å². The van der Waals surface area contributed by atoms with Gasteiger partial charge in [-0.05, 0) is 44.9 Å². The van der Waals surface area contributed by atoms with E-state index in [9.17, 15) is 20.1 Å². The maximum Gasteiger partial charge on any atom is 0.146 e. The second-order valence-electron chi connectivity index (χ2n) is 13.1. The van der Waals surface area contributed by atoms with Gasteiger partial charge in [0.25, 0.3) is 0 Å². The van der Waals surface area contributed by atoms with E-state index < -0.39 is 18.2 Å². The highest BCUT2D eigenvalue weighted by Crippen LogP contribution is 2.16. The Morgan fingerprint density at radius 3 is 1.55 bits per heavy atom. The second kappa shape index (κ2) is 34.9. The molecule has 0 aromatic rings. The first-order chi connectivity index (χ1) is 21.6. The molecule has 260 valence electrons. The van der Waals surface area contributed by atoms with Crippen molar-refractivity contribution in [2.24, 2.45) is 0 Å². The topological polar surface area (TPSA) is 89.8 Å². The van der Waals surface area contributed by atoms with Gasteiger partial charge < -0.3 is 20.6 Å². The van der Waals surface area contributed by atoms with E-state index in [0.29, 0.717) is 19.3 Å². The summed E-state index contributed by atoms with van der Waals surface area (Å²) in [4.78, 5) is 12.4. The summed E-state index contributed by atoms with van der Waals surface area (Å²) in [6.45, 7) is 4.60. The van der Waals surface area contributed by atoms with E-state index in [2.05, 4.69) is 43.5 Å². The van der Waals surface area contributed by atoms with Gasteiger partial charge in [-0.1, -0.05) is 160 Å². The van der Waals surface area contributed by atoms with Crippen LogP contribution in [0.1, 0.15) is 187 Å². The summed E-state index contributed by atoms with van der Waals surface area (Å²) in [6.07, 6.45) is 38.2. The van der Waals surface area contributed by atoms with Crippen molar-refractivity contribution in [3.05, 3.63) is 24.3 Å². The monoisotopic (exact) mass is 622 g/mol. The molecule has 5 nitrogen and oxygen atoms in total. The lowest BCUT2D eigenvalue weighted by Gasteiger charge is -2.27. The first kappa shape index (κ1) is 43.0. The Morgan fingerprint density at radius 2 is 1.02 bits per heavy atom. The molecule has 0 fully saturated rings. The molecule has 5 heteroatoms. The summed E-state index contributed by atoms with van der Waals surface area (Å²) in [6, 6.07) is -0.464. The SMILES string of the molecule is CCCCC/C=C\C=C\CCCCCCCCCCC(=O)CNC(CCO)C(O)C(O)CCCCCCCCCCCCC. The highest BCUT2D eigenvalue weighted by atomic mass is 16.3. The lowest BCUT2D eigenvalue weighted by atomic mass is 9.97. The fourth-order valence-electron chi connectivity index (χ4n) is 5.83. The van der Waals surface area contributed by atoms with Crippen LogP contribution in [0.25, 0.3) is 0 Å². The summed E-state index contributed by atoms with van der Waals surface area (Å²) >= 11 is 0. The van der Waals surface area contributed by atoms with E-state index in [1.54, 1.807) is 0 Å². The summed E-state index contributed by atoms with van der Waals surface area (Å²) in [7, 11) is 0. The maximum atomic E-state index is 12.4. The number of rotatable bonds is 35. The molecule has 3 atom stereocenters. The molecular formula is C39H75NO4. The molecule has 0 aliphatic carbocycles. The molecule has 3 unspecified atom stereocenters. The molecule has 0 saturated heterocycles. The van der Waals surface area contributed by atoms with Crippen LogP contribution in [-0.2, 0) is 4.79 Å². The number of allylic oxidation sites excluding steroid dienone is 4. The Morgan fingerprint density at radius 1 is 0.591 bits per heavy atom. The first-order valence-corrected chi connectivity index (χ1v) is 19.1. The zero-order valence-electron chi connectivity index (χ0n) is 29.3. The zero-order chi connectivity index (χ0) is 32.4. The van der Waals surface area contributed by atoms with E-state index in [1.807, 2.05) is 0 Å². The third-order valence-electron chi connectivity index (χ3n) is 8.85. The molecule has 0 aliphatic rings. The van der Waals surface area contributed by atoms with Crippen LogP contribution in [0, 0.1) is 0 Å². The van der Waals surface area contributed by atoms with E-state index >= 15 is 0 Å². The number of unbranched alkanes of at least 4 members (excludes halogenated alkanes) is 21. The van der Waals surface area contributed by atoms with Crippen LogP contribution >= 0.6 is 0 Å². The van der Waals surface area contributed by atoms with Crippen molar-refractivity contribution in [3.8, 4) is 0 Å². The molecule has 0 amide bonds. The van der Waals surface area contributed by atoms with Crippen LogP contribution in [0.3, 0.4) is 0 Å². The molecule has 0 rings (SSSR count). The zero-order valence-corrected chi connectivity index (χ0v) is 29.3. The van der Waals surface area contributed by atoms with Crippen molar-refractivity contribution in [1.82, 2.24) is 5.32 Å². The van der Waals surface area contributed by atoms with Crippen LogP contribution in [0.4, 0.5) is 0 Å². The second-order valence-corrected chi connectivity index (χ2v) is 13.1. The summed E-state index contributed by atoms with van der Waals surface area (Å²) in [5.74, 6) is 0.142. The van der Waals surface area contributed by atoms with E-state index in [-0.39, 0.29) is 18.9 Å². The number of ketones is 1. The van der Waals surface area contributed by atoms with Gasteiger partial charge in [-0.2, -0.15) is 0 Å². The van der Waals surface area contributed by atoms with Gasteiger partial charge in [-0.15, -0.1) is 0 Å². The molecule has 4 N–H and O–H groups in total. The third-order valence-corrected chi connectivity index (χ3v) is 8.85. The highest BCUT2D eigenvalue weighted by Gasteiger charge is 2.25. The minimum absolute atomic E-state index is 0.0820. The smallest absolute Gasteiger partial charge is 0.146 e. The maximum absolute atomic E-state index is 12.4. The number of hydrogen-bond acceptors (Lipinski definition) is 5. The van der Waals surface area contributed by atoms with Gasteiger partial charge in [-0.25, -0.2) is 0 Å². The van der Waals surface area contributed by atoms with Crippen molar-refractivity contribution in [1.29, 1.82) is 0 Å². The van der Waals surface area contributed by atoms with E-state index in [0.717, 1.165) is 25.7 Å². The largest absolute Gasteiger partial charge is 0.396 e. The Hall–Kier alpha value is -1.01. The van der Waals surface area contributed by atoms with Crippen LogP contribution in [0.2, 0.25) is 0 Å². The fraction of sp³-hybridized carbons (Fsp3) is 0.872. The number of carbonyl (C=O) groups excluding carboxylic acids is 1. The third kappa shape index (κ3) is 29.7. The molecule has 0 aliphatic heterocycles. The quantitative estimate of drug-likeness (QED) is 0.0418. The Kier molecular flexibility index (Phi) is 34.1. The van der Waals surface area contributed by atoms with Gasteiger partial charge in [0.15, 0.2) is 0 Å². The summed E-state index contributed by atoms with van der Waals surface area (Å²) in [5.41, 5.74) is 0. The van der Waals surface area contributed by atoms with Gasteiger partial charge >= 0.3 is 0 Å². The van der Waals surface area contributed by atoms with Gasteiger partial charge in [0, 0.05) is 19.1 Å². The molecule has 0 spiro atoms. The molecule has 0 saturated carbocycles. The summed E-state index contributed by atoms with van der Waals surface area (Å²) < 4.78 is 0. The number of carbonyl (C=O) groups is 1. The van der Waals surface area contributed by atoms with E-state index in [4.69, 9.17) is 0 Å². The van der Waals surface area contributed by atoms with Gasteiger partial charge in [0.1, 0.15) is 5.78 Å². The molecule has 0 bridgehead atoms. The predicted molar refractivity (Wildman–Crippen MR) is 190 cm³/mol. The lowest BCUT2D eigenvalue weighted by Crippen LogP contribution is -2.48. The minimum Gasteiger partial charge on any atom is -0.396 e. The number of aliphatic hydroxyl groups excluding tert-OH is 3. The van der Waals surface area contributed by atoms with E-state index in [1.165, 1.54) is 128 Å². The average Bonchev–Trinajstić information content (AvgIpc) is 3.02. The fourth-order valence-corrected chi connectivity index (χ4v) is 5.83. The van der Waals surface area contributed by atoms with Crippen molar-refractivity contribution in [2.75, 3.05) is 13.2 Å². The minimum atomic E-state index is -0.966. The Balaban J connectivity index is 3.78. The molecular weight excluding hydrogens is 546 g/mol.